The van der Waals surface area contributed by atoms with Crippen molar-refractivity contribution in [2.24, 2.45) is 0 Å². The van der Waals surface area contributed by atoms with Crippen LogP contribution in [0.2, 0.25) is 0 Å². The van der Waals surface area contributed by atoms with Crippen LogP contribution in [0.25, 0.3) is 10.9 Å². The number of morpholine rings is 1. The number of benzene rings is 1. The smallest absolute Gasteiger partial charge is 0.0746 e. The van der Waals surface area contributed by atoms with Crippen LogP contribution in [0.15, 0.2) is 61.1 Å². The second-order valence-corrected chi connectivity index (χ2v) is 7.37. The van der Waals surface area contributed by atoms with Crippen LogP contribution in [0.4, 0.5) is 0 Å². The van der Waals surface area contributed by atoms with Gasteiger partial charge in [0.25, 0.3) is 0 Å². The first-order valence-corrected chi connectivity index (χ1v) is 10.1. The lowest BCUT2D eigenvalue weighted by molar-refractivity contribution is 0.0359. The lowest BCUT2D eigenvalue weighted by atomic mass is 10.1. The van der Waals surface area contributed by atoms with E-state index in [4.69, 9.17) is 4.74 Å². The van der Waals surface area contributed by atoms with Gasteiger partial charge in [-0.3, -0.25) is 19.8 Å². The zero-order valence-corrected chi connectivity index (χ0v) is 16.3. The van der Waals surface area contributed by atoms with Crippen LogP contribution in [0.5, 0.6) is 0 Å². The molecule has 0 N–H and O–H groups in total. The van der Waals surface area contributed by atoms with Gasteiger partial charge in [-0.2, -0.15) is 0 Å². The van der Waals surface area contributed by atoms with Crippen LogP contribution in [0.1, 0.15) is 17.5 Å². The summed E-state index contributed by atoms with van der Waals surface area (Å²) in [6, 6.07) is 14.8. The molecule has 3 heterocycles. The Morgan fingerprint density at radius 3 is 2.68 bits per heavy atom. The van der Waals surface area contributed by atoms with Crippen molar-refractivity contribution in [3.63, 3.8) is 0 Å². The molecule has 3 aromatic rings. The second-order valence-electron chi connectivity index (χ2n) is 7.37. The van der Waals surface area contributed by atoms with Crippen molar-refractivity contribution in [3.8, 4) is 0 Å². The third-order valence-corrected chi connectivity index (χ3v) is 5.29. The Balaban J connectivity index is 1.45. The highest BCUT2D eigenvalue weighted by Gasteiger charge is 2.13. The molecule has 5 nitrogen and oxygen atoms in total. The summed E-state index contributed by atoms with van der Waals surface area (Å²) in [5, 5.41) is 1.20. The predicted octanol–water partition coefficient (Wildman–Crippen LogP) is 3.35. The number of nitrogens with zero attached hydrogens (tertiary/aromatic N) is 4. The Morgan fingerprint density at radius 2 is 1.82 bits per heavy atom. The minimum atomic E-state index is 0.862. The van der Waals surface area contributed by atoms with Gasteiger partial charge in [0.1, 0.15) is 0 Å². The molecular formula is C23H28N4O. The quantitative estimate of drug-likeness (QED) is 0.603. The summed E-state index contributed by atoms with van der Waals surface area (Å²) in [5.41, 5.74) is 3.64. The van der Waals surface area contributed by atoms with Crippen molar-refractivity contribution < 1.29 is 4.74 Å². The van der Waals surface area contributed by atoms with Gasteiger partial charge < -0.3 is 4.74 Å². The first-order valence-electron chi connectivity index (χ1n) is 10.1. The molecule has 4 rings (SSSR count). The maximum atomic E-state index is 5.46. The molecule has 0 unspecified atom stereocenters. The van der Waals surface area contributed by atoms with E-state index in [9.17, 15) is 0 Å². The molecule has 0 amide bonds. The second kappa shape index (κ2) is 9.73. The number of pyridine rings is 2. The van der Waals surface area contributed by atoms with Crippen LogP contribution in [0.3, 0.4) is 0 Å². The van der Waals surface area contributed by atoms with Gasteiger partial charge in [0.2, 0.25) is 0 Å². The first-order chi connectivity index (χ1) is 13.9. The number of ether oxygens (including phenoxy) is 1. The maximum Gasteiger partial charge on any atom is 0.0746 e. The van der Waals surface area contributed by atoms with Gasteiger partial charge in [0, 0.05) is 56.7 Å². The van der Waals surface area contributed by atoms with Gasteiger partial charge in [0.05, 0.1) is 18.7 Å². The van der Waals surface area contributed by atoms with E-state index in [0.717, 1.165) is 64.4 Å². The molecule has 0 saturated carbocycles. The van der Waals surface area contributed by atoms with Crippen molar-refractivity contribution in [2.75, 3.05) is 39.4 Å². The molecule has 2 aromatic heterocycles. The summed E-state index contributed by atoms with van der Waals surface area (Å²) >= 11 is 0. The molecule has 1 aliphatic rings. The van der Waals surface area contributed by atoms with Gasteiger partial charge in [-0.15, -0.1) is 0 Å². The largest absolute Gasteiger partial charge is 0.379 e. The monoisotopic (exact) mass is 376 g/mol. The van der Waals surface area contributed by atoms with E-state index in [-0.39, 0.29) is 0 Å². The summed E-state index contributed by atoms with van der Waals surface area (Å²) in [6.07, 6.45) is 6.84. The van der Waals surface area contributed by atoms with E-state index in [1.807, 2.05) is 30.7 Å². The zero-order chi connectivity index (χ0) is 19.0. The highest BCUT2D eigenvalue weighted by molar-refractivity contribution is 5.81. The normalized spacial score (nSPS) is 15.3. The number of hydrogen-bond acceptors (Lipinski definition) is 5. The molecule has 28 heavy (non-hydrogen) atoms. The fourth-order valence-corrected chi connectivity index (χ4v) is 3.84. The highest BCUT2D eigenvalue weighted by atomic mass is 16.5. The van der Waals surface area contributed by atoms with Crippen LogP contribution >= 0.6 is 0 Å². The summed E-state index contributed by atoms with van der Waals surface area (Å²) in [5.74, 6) is 0. The molecule has 0 atom stereocenters. The number of hydrogen-bond donors (Lipinski definition) is 0. The minimum Gasteiger partial charge on any atom is -0.379 e. The van der Waals surface area contributed by atoms with Crippen LogP contribution < -0.4 is 0 Å². The molecule has 5 heteroatoms. The Labute approximate surface area is 167 Å². The van der Waals surface area contributed by atoms with E-state index in [2.05, 4.69) is 50.1 Å². The van der Waals surface area contributed by atoms with E-state index in [1.165, 1.54) is 16.5 Å². The lowest BCUT2D eigenvalue weighted by Gasteiger charge is -2.28. The van der Waals surface area contributed by atoms with Crippen LogP contribution in [0, 0.1) is 0 Å². The maximum absolute atomic E-state index is 5.46. The fourth-order valence-electron chi connectivity index (χ4n) is 3.84. The Hall–Kier alpha value is -2.34. The van der Waals surface area contributed by atoms with Crippen molar-refractivity contribution >= 4 is 10.9 Å². The summed E-state index contributed by atoms with van der Waals surface area (Å²) in [7, 11) is 0. The van der Waals surface area contributed by atoms with Crippen molar-refractivity contribution in [1.82, 2.24) is 19.8 Å². The number of para-hydroxylation sites is 1. The first kappa shape index (κ1) is 19.0. The number of fused-ring (bicyclic) bond motifs is 1. The van der Waals surface area contributed by atoms with Crippen LogP contribution in [-0.4, -0.2) is 59.2 Å². The van der Waals surface area contributed by atoms with E-state index in [0.29, 0.717) is 0 Å². The van der Waals surface area contributed by atoms with E-state index in [1.54, 1.807) is 0 Å². The van der Waals surface area contributed by atoms with Crippen molar-refractivity contribution in [1.29, 1.82) is 0 Å². The van der Waals surface area contributed by atoms with Gasteiger partial charge in [0.15, 0.2) is 0 Å². The SMILES string of the molecule is c1cncc(CN(CCCN2CCOCC2)Cc2cccc3cccnc23)c1. The number of rotatable bonds is 8. The third kappa shape index (κ3) is 5.13. The summed E-state index contributed by atoms with van der Waals surface area (Å²) < 4.78 is 5.46. The Bertz CT molecular complexity index is 859. The molecule has 1 fully saturated rings. The average Bonchev–Trinajstić information content (AvgIpc) is 2.75. The topological polar surface area (TPSA) is 41.5 Å². The molecule has 1 aliphatic heterocycles. The summed E-state index contributed by atoms with van der Waals surface area (Å²) in [6.45, 7) is 7.80. The minimum absolute atomic E-state index is 0.862. The predicted molar refractivity (Wildman–Crippen MR) is 112 cm³/mol. The Kier molecular flexibility index (Phi) is 6.60. The molecule has 0 bridgehead atoms. The van der Waals surface area contributed by atoms with Crippen molar-refractivity contribution in [3.05, 3.63) is 72.2 Å². The molecular weight excluding hydrogens is 348 g/mol. The molecule has 0 aliphatic carbocycles. The molecule has 1 aromatic carbocycles. The van der Waals surface area contributed by atoms with Crippen molar-refractivity contribution in [2.45, 2.75) is 19.5 Å². The van der Waals surface area contributed by atoms with Gasteiger partial charge >= 0.3 is 0 Å². The van der Waals surface area contributed by atoms with Gasteiger partial charge in [-0.1, -0.05) is 30.3 Å². The highest BCUT2D eigenvalue weighted by Crippen LogP contribution is 2.19. The van der Waals surface area contributed by atoms with Gasteiger partial charge in [-0.05, 0) is 36.2 Å². The molecule has 0 radical (unpaired) electrons. The Morgan fingerprint density at radius 1 is 0.964 bits per heavy atom. The molecule has 1 saturated heterocycles. The standard InChI is InChI=1S/C23H28N4O/c1-6-21-8-3-10-25-23(21)22(7-1)19-27(18-20-5-2-9-24-17-20)12-4-11-26-13-15-28-16-14-26/h1-3,5-10,17H,4,11-16,18-19H2. The molecule has 146 valence electrons. The van der Waals surface area contributed by atoms with Crippen LogP contribution in [-0.2, 0) is 17.8 Å². The zero-order valence-electron chi connectivity index (χ0n) is 16.3. The number of aromatic nitrogens is 2. The lowest BCUT2D eigenvalue weighted by Crippen LogP contribution is -2.38. The summed E-state index contributed by atoms with van der Waals surface area (Å²) in [4.78, 5) is 13.9. The van der Waals surface area contributed by atoms with E-state index < -0.39 is 0 Å². The third-order valence-electron chi connectivity index (χ3n) is 5.29. The fraction of sp³-hybridized carbons (Fsp3) is 0.391. The average molecular weight is 377 g/mol. The van der Waals surface area contributed by atoms with E-state index >= 15 is 0 Å². The molecule has 0 spiro atoms. The van der Waals surface area contributed by atoms with Gasteiger partial charge in [-0.25, -0.2) is 0 Å².